The molecular weight excluding hydrogens is 416 g/mol. The Morgan fingerprint density at radius 3 is 2.73 bits per heavy atom. The first-order valence-electron chi connectivity index (χ1n) is 11.5. The van der Waals surface area contributed by atoms with Crippen LogP contribution in [0.3, 0.4) is 0 Å². The van der Waals surface area contributed by atoms with Gasteiger partial charge in [-0.15, -0.1) is 0 Å². The van der Waals surface area contributed by atoms with Gasteiger partial charge in [0.05, 0.1) is 11.2 Å². The minimum Gasteiger partial charge on any atom is -0.454 e. The van der Waals surface area contributed by atoms with Crippen molar-refractivity contribution in [1.29, 1.82) is 0 Å². The zero-order valence-electron chi connectivity index (χ0n) is 19.0. The number of benzene rings is 2. The van der Waals surface area contributed by atoms with Crippen LogP contribution in [0.15, 0.2) is 48.5 Å². The number of rotatable bonds is 8. The van der Waals surface area contributed by atoms with Gasteiger partial charge in [-0.3, -0.25) is 4.79 Å². The van der Waals surface area contributed by atoms with Crippen molar-refractivity contribution in [2.45, 2.75) is 20.3 Å². The number of nitrogens with zero attached hydrogens (tertiary/aromatic N) is 2. The number of carbonyl (C=O) groups excluding carboxylic acids is 1. The van der Waals surface area contributed by atoms with Crippen molar-refractivity contribution in [2.75, 3.05) is 33.0 Å². The molecule has 1 amide bonds. The van der Waals surface area contributed by atoms with E-state index in [1.165, 1.54) is 0 Å². The molecule has 3 heterocycles. The molecule has 2 aromatic carbocycles. The van der Waals surface area contributed by atoms with Gasteiger partial charge in [-0.05, 0) is 56.4 Å². The summed E-state index contributed by atoms with van der Waals surface area (Å²) < 4.78 is 11.0. The molecule has 4 aromatic rings. The van der Waals surface area contributed by atoms with Crippen LogP contribution in [0, 0.1) is 0 Å². The molecule has 0 atom stereocenters. The Hall–Kier alpha value is -3.58. The van der Waals surface area contributed by atoms with E-state index in [0.29, 0.717) is 23.7 Å². The van der Waals surface area contributed by atoms with Crippen LogP contribution in [0.1, 0.15) is 30.8 Å². The number of amides is 1. The number of carbonyl (C=O) groups is 1. The van der Waals surface area contributed by atoms with Gasteiger partial charge in [0, 0.05) is 28.4 Å². The Bertz CT molecular complexity index is 1310. The molecule has 0 saturated heterocycles. The summed E-state index contributed by atoms with van der Waals surface area (Å²) in [5.74, 6) is 1.24. The summed E-state index contributed by atoms with van der Waals surface area (Å²) in [5.41, 5.74) is 3.89. The van der Waals surface area contributed by atoms with Gasteiger partial charge in [-0.25, -0.2) is 4.98 Å². The monoisotopic (exact) mass is 444 g/mol. The molecule has 0 fully saturated rings. The largest absolute Gasteiger partial charge is 0.454 e. The highest BCUT2D eigenvalue weighted by atomic mass is 16.7. The summed E-state index contributed by atoms with van der Waals surface area (Å²) in [7, 11) is 0. The molecule has 33 heavy (non-hydrogen) atoms. The number of pyridine rings is 1. The number of ether oxygens (including phenoxy) is 2. The van der Waals surface area contributed by atoms with E-state index in [1.54, 1.807) is 0 Å². The van der Waals surface area contributed by atoms with Gasteiger partial charge in [0.1, 0.15) is 5.69 Å². The normalized spacial score (nSPS) is 12.7. The van der Waals surface area contributed by atoms with E-state index in [2.05, 4.69) is 35.1 Å². The van der Waals surface area contributed by atoms with E-state index >= 15 is 0 Å². The fourth-order valence-corrected chi connectivity index (χ4v) is 4.35. The van der Waals surface area contributed by atoms with Crippen molar-refractivity contribution in [3.8, 4) is 22.8 Å². The molecular formula is C26H28N4O3. The van der Waals surface area contributed by atoms with Crippen LogP contribution < -0.4 is 14.8 Å². The smallest absolute Gasteiger partial charge is 0.269 e. The Balaban J connectivity index is 1.50. The molecule has 2 N–H and O–H groups in total. The first kappa shape index (κ1) is 21.3. The summed E-state index contributed by atoms with van der Waals surface area (Å²) in [6.45, 7) is 8.13. The van der Waals surface area contributed by atoms with E-state index < -0.39 is 0 Å². The summed E-state index contributed by atoms with van der Waals surface area (Å²) in [6.07, 6.45) is 0.901. The maximum Gasteiger partial charge on any atom is 0.269 e. The highest BCUT2D eigenvalue weighted by Gasteiger charge is 2.20. The Morgan fingerprint density at radius 1 is 1.06 bits per heavy atom. The van der Waals surface area contributed by atoms with Crippen LogP contribution in [0.2, 0.25) is 0 Å². The fraction of sp³-hybridized carbons (Fsp3) is 0.308. The van der Waals surface area contributed by atoms with Crippen LogP contribution in [-0.2, 0) is 0 Å². The third-order valence-corrected chi connectivity index (χ3v) is 6.21. The van der Waals surface area contributed by atoms with Crippen molar-refractivity contribution < 1.29 is 14.3 Å². The van der Waals surface area contributed by atoms with Gasteiger partial charge in [0.25, 0.3) is 5.91 Å². The number of nitrogens with one attached hydrogen (secondary N) is 2. The minimum absolute atomic E-state index is 0.163. The van der Waals surface area contributed by atoms with Gasteiger partial charge in [-0.2, -0.15) is 0 Å². The van der Waals surface area contributed by atoms with Crippen LogP contribution in [-0.4, -0.2) is 53.7 Å². The quantitative estimate of drug-likeness (QED) is 0.389. The Kier molecular flexibility index (Phi) is 5.88. The summed E-state index contributed by atoms with van der Waals surface area (Å²) >= 11 is 0. The van der Waals surface area contributed by atoms with Crippen molar-refractivity contribution in [2.24, 2.45) is 0 Å². The summed E-state index contributed by atoms with van der Waals surface area (Å²) in [5, 5.41) is 5.08. The van der Waals surface area contributed by atoms with Crippen molar-refractivity contribution in [3.63, 3.8) is 0 Å². The highest BCUT2D eigenvalue weighted by molar-refractivity contribution is 6.13. The zero-order valence-corrected chi connectivity index (χ0v) is 19.0. The van der Waals surface area contributed by atoms with Crippen LogP contribution in [0.4, 0.5) is 0 Å². The molecule has 1 aliphatic rings. The fourth-order valence-electron chi connectivity index (χ4n) is 4.35. The van der Waals surface area contributed by atoms with E-state index in [1.807, 2.05) is 42.5 Å². The second kappa shape index (κ2) is 9.11. The lowest BCUT2D eigenvalue weighted by atomic mass is 10.1. The Morgan fingerprint density at radius 2 is 1.88 bits per heavy atom. The van der Waals surface area contributed by atoms with Gasteiger partial charge in [-0.1, -0.05) is 32.0 Å². The van der Waals surface area contributed by atoms with Gasteiger partial charge in [0.2, 0.25) is 6.79 Å². The number of para-hydroxylation sites is 1. The molecule has 7 nitrogen and oxygen atoms in total. The first-order chi connectivity index (χ1) is 16.2. The molecule has 0 aliphatic carbocycles. The Labute approximate surface area is 192 Å². The van der Waals surface area contributed by atoms with Gasteiger partial charge in [0.15, 0.2) is 11.5 Å². The van der Waals surface area contributed by atoms with Crippen molar-refractivity contribution >= 4 is 27.7 Å². The molecule has 0 bridgehead atoms. The van der Waals surface area contributed by atoms with Crippen LogP contribution in [0.5, 0.6) is 11.5 Å². The highest BCUT2D eigenvalue weighted by Crippen LogP contribution is 2.38. The van der Waals surface area contributed by atoms with E-state index in [0.717, 1.165) is 59.1 Å². The molecule has 0 spiro atoms. The topological polar surface area (TPSA) is 79.5 Å². The van der Waals surface area contributed by atoms with E-state index in [-0.39, 0.29) is 12.7 Å². The minimum atomic E-state index is -0.163. The average molecular weight is 445 g/mol. The predicted octanol–water partition coefficient (Wildman–Crippen LogP) is 4.57. The van der Waals surface area contributed by atoms with Crippen LogP contribution >= 0.6 is 0 Å². The number of fused-ring (bicyclic) bond motifs is 4. The van der Waals surface area contributed by atoms with Gasteiger partial charge >= 0.3 is 0 Å². The second-order valence-electron chi connectivity index (χ2n) is 8.15. The second-order valence-corrected chi connectivity index (χ2v) is 8.15. The van der Waals surface area contributed by atoms with E-state index in [9.17, 15) is 4.79 Å². The maximum atomic E-state index is 13.1. The zero-order chi connectivity index (χ0) is 22.8. The lowest BCUT2D eigenvalue weighted by Crippen LogP contribution is -2.30. The molecule has 0 saturated carbocycles. The van der Waals surface area contributed by atoms with Crippen molar-refractivity contribution in [3.05, 3.63) is 54.2 Å². The lowest BCUT2D eigenvalue weighted by molar-refractivity contribution is 0.0947. The first-order valence-corrected chi connectivity index (χ1v) is 11.5. The molecule has 0 radical (unpaired) electrons. The SMILES string of the molecule is CCN(CC)CCCNC(=O)c1cc2c([nH]c3ccccc32)c(-c2ccc3c(c2)OCO3)n1. The average Bonchev–Trinajstić information content (AvgIpc) is 3.47. The molecule has 170 valence electrons. The maximum absolute atomic E-state index is 13.1. The number of aromatic amines is 1. The number of aromatic nitrogens is 2. The molecule has 1 aliphatic heterocycles. The van der Waals surface area contributed by atoms with Gasteiger partial charge < -0.3 is 24.7 Å². The van der Waals surface area contributed by atoms with Crippen molar-refractivity contribution in [1.82, 2.24) is 20.2 Å². The molecule has 5 rings (SSSR count). The summed E-state index contributed by atoms with van der Waals surface area (Å²) in [6, 6.07) is 15.7. The third kappa shape index (κ3) is 4.12. The number of hydrogen-bond donors (Lipinski definition) is 2. The number of hydrogen-bond acceptors (Lipinski definition) is 5. The predicted molar refractivity (Wildman–Crippen MR) is 130 cm³/mol. The molecule has 0 unspecified atom stereocenters. The molecule has 2 aromatic heterocycles. The third-order valence-electron chi connectivity index (χ3n) is 6.21. The van der Waals surface area contributed by atoms with E-state index in [4.69, 9.17) is 14.5 Å². The standard InChI is InChI=1S/C26H28N4O3/c1-3-30(4-2)13-7-12-27-26(31)21-15-19-18-8-5-6-9-20(18)28-25(19)24(29-21)17-10-11-22-23(14-17)33-16-32-22/h5-6,8-11,14-15,28H,3-4,7,12-13,16H2,1-2H3,(H,27,31). The van der Waals surface area contributed by atoms with Crippen LogP contribution in [0.25, 0.3) is 33.1 Å². The number of H-pyrrole nitrogens is 1. The summed E-state index contributed by atoms with van der Waals surface area (Å²) in [4.78, 5) is 23.7. The molecule has 7 heteroatoms. The lowest BCUT2D eigenvalue weighted by Gasteiger charge is -2.17.